The molecule has 0 fully saturated rings. The van der Waals surface area contributed by atoms with Crippen LogP contribution in [0.3, 0.4) is 0 Å². The van der Waals surface area contributed by atoms with Crippen molar-refractivity contribution in [2.75, 3.05) is 13.2 Å². The average Bonchev–Trinajstić information content (AvgIpc) is 2.40. The number of amides is 1. The van der Waals surface area contributed by atoms with Crippen molar-refractivity contribution >= 4 is 21.8 Å². The average molecular weight is 329 g/mol. The standard InChI is InChI=1S/C14H21BrN2O2/c1-4-14(5-2,9-18)8-16-13(19)11-7-6-10(3)17-12(11)15/h6-7,18H,4-5,8-9H2,1-3H3,(H,16,19). The second-order valence-electron chi connectivity index (χ2n) is 4.84. The molecule has 0 aromatic carbocycles. The molecule has 1 aromatic heterocycles. The van der Waals surface area contributed by atoms with Gasteiger partial charge in [-0.05, 0) is 47.8 Å². The molecular weight excluding hydrogens is 308 g/mol. The van der Waals surface area contributed by atoms with Gasteiger partial charge >= 0.3 is 0 Å². The Hall–Kier alpha value is -0.940. The highest BCUT2D eigenvalue weighted by Gasteiger charge is 2.26. The molecule has 0 aliphatic rings. The summed E-state index contributed by atoms with van der Waals surface area (Å²) in [4.78, 5) is 16.3. The first kappa shape index (κ1) is 16.1. The normalized spacial score (nSPS) is 11.4. The molecule has 0 saturated heterocycles. The van der Waals surface area contributed by atoms with Gasteiger partial charge in [-0.25, -0.2) is 4.98 Å². The number of aliphatic hydroxyl groups excluding tert-OH is 1. The summed E-state index contributed by atoms with van der Waals surface area (Å²) >= 11 is 3.30. The molecule has 0 unspecified atom stereocenters. The van der Waals surface area contributed by atoms with Crippen molar-refractivity contribution < 1.29 is 9.90 Å². The maximum Gasteiger partial charge on any atom is 0.254 e. The first-order valence-electron chi connectivity index (χ1n) is 6.50. The number of pyridine rings is 1. The van der Waals surface area contributed by atoms with Crippen molar-refractivity contribution in [1.29, 1.82) is 0 Å². The quantitative estimate of drug-likeness (QED) is 0.789. The molecule has 106 valence electrons. The van der Waals surface area contributed by atoms with Crippen molar-refractivity contribution in [2.24, 2.45) is 5.41 Å². The summed E-state index contributed by atoms with van der Waals surface area (Å²) in [5, 5.41) is 12.4. The molecule has 0 aliphatic carbocycles. The molecule has 19 heavy (non-hydrogen) atoms. The Morgan fingerprint density at radius 2 is 2.05 bits per heavy atom. The highest BCUT2D eigenvalue weighted by molar-refractivity contribution is 9.10. The minimum atomic E-state index is -0.236. The third-order valence-corrected chi connectivity index (χ3v) is 4.30. The largest absolute Gasteiger partial charge is 0.396 e. The maximum absolute atomic E-state index is 12.1. The van der Waals surface area contributed by atoms with Crippen LogP contribution in [0.25, 0.3) is 0 Å². The summed E-state index contributed by atoms with van der Waals surface area (Å²) in [5.74, 6) is -0.167. The van der Waals surface area contributed by atoms with Crippen molar-refractivity contribution in [3.05, 3.63) is 28.0 Å². The minimum absolute atomic E-state index is 0.0770. The third-order valence-electron chi connectivity index (χ3n) is 3.69. The van der Waals surface area contributed by atoms with E-state index in [9.17, 15) is 9.90 Å². The Bertz CT molecular complexity index is 437. The van der Waals surface area contributed by atoms with E-state index in [2.05, 4.69) is 26.2 Å². The molecule has 1 rings (SSSR count). The van der Waals surface area contributed by atoms with E-state index >= 15 is 0 Å². The van der Waals surface area contributed by atoms with Crippen molar-refractivity contribution in [2.45, 2.75) is 33.6 Å². The lowest BCUT2D eigenvalue weighted by atomic mass is 9.83. The maximum atomic E-state index is 12.1. The van der Waals surface area contributed by atoms with Crippen molar-refractivity contribution in [3.8, 4) is 0 Å². The van der Waals surface area contributed by atoms with Crippen molar-refractivity contribution in [3.63, 3.8) is 0 Å². The van der Waals surface area contributed by atoms with Gasteiger partial charge < -0.3 is 10.4 Å². The van der Waals surface area contributed by atoms with Gasteiger partial charge in [-0.15, -0.1) is 0 Å². The smallest absolute Gasteiger partial charge is 0.254 e. The van der Waals surface area contributed by atoms with Crippen LogP contribution >= 0.6 is 15.9 Å². The van der Waals surface area contributed by atoms with E-state index in [1.807, 2.05) is 20.8 Å². The van der Waals surface area contributed by atoms with Gasteiger partial charge in [0.05, 0.1) is 12.2 Å². The molecule has 4 nitrogen and oxygen atoms in total. The number of hydrogen-bond acceptors (Lipinski definition) is 3. The van der Waals surface area contributed by atoms with Crippen LogP contribution in [-0.2, 0) is 0 Å². The van der Waals surface area contributed by atoms with Crippen LogP contribution in [0.1, 0.15) is 42.7 Å². The van der Waals surface area contributed by atoms with E-state index in [1.165, 1.54) is 0 Å². The van der Waals surface area contributed by atoms with Gasteiger partial charge in [0.2, 0.25) is 0 Å². The lowest BCUT2D eigenvalue weighted by Crippen LogP contribution is -2.39. The van der Waals surface area contributed by atoms with Gasteiger partial charge in [-0.2, -0.15) is 0 Å². The minimum Gasteiger partial charge on any atom is -0.396 e. The van der Waals surface area contributed by atoms with E-state index in [4.69, 9.17) is 0 Å². The Balaban J connectivity index is 2.75. The van der Waals surface area contributed by atoms with Crippen LogP contribution in [-0.4, -0.2) is 29.1 Å². The predicted molar refractivity (Wildman–Crippen MR) is 79.1 cm³/mol. The number of aliphatic hydroxyl groups is 1. The van der Waals surface area contributed by atoms with Crippen LogP contribution in [0.15, 0.2) is 16.7 Å². The fourth-order valence-electron chi connectivity index (χ4n) is 1.84. The number of aromatic nitrogens is 1. The monoisotopic (exact) mass is 328 g/mol. The van der Waals surface area contributed by atoms with Crippen LogP contribution in [0, 0.1) is 12.3 Å². The SMILES string of the molecule is CCC(CC)(CO)CNC(=O)c1ccc(C)nc1Br. The molecule has 0 aliphatic heterocycles. The molecule has 0 saturated carbocycles. The van der Waals surface area contributed by atoms with E-state index < -0.39 is 0 Å². The Kier molecular flexibility index (Phi) is 5.94. The summed E-state index contributed by atoms with van der Waals surface area (Å²) in [6.45, 7) is 6.46. The summed E-state index contributed by atoms with van der Waals surface area (Å²) in [6.07, 6.45) is 1.65. The second kappa shape index (κ2) is 7.01. The first-order chi connectivity index (χ1) is 8.98. The van der Waals surface area contributed by atoms with Crippen LogP contribution in [0.4, 0.5) is 0 Å². The first-order valence-corrected chi connectivity index (χ1v) is 7.29. The highest BCUT2D eigenvalue weighted by atomic mass is 79.9. The zero-order valence-corrected chi connectivity index (χ0v) is 13.2. The topological polar surface area (TPSA) is 62.2 Å². The number of aryl methyl sites for hydroxylation is 1. The predicted octanol–water partition coefficient (Wildman–Crippen LogP) is 2.68. The Morgan fingerprint density at radius 3 is 2.53 bits per heavy atom. The molecule has 5 heteroatoms. The van der Waals surface area contributed by atoms with Gasteiger partial charge in [0.15, 0.2) is 0 Å². The Labute approximate surface area is 122 Å². The summed E-state index contributed by atoms with van der Waals surface area (Å²) in [5.41, 5.74) is 1.14. The van der Waals surface area contributed by atoms with E-state index in [0.717, 1.165) is 18.5 Å². The molecule has 0 atom stereocenters. The van der Waals surface area contributed by atoms with E-state index in [1.54, 1.807) is 12.1 Å². The number of carbonyl (C=O) groups is 1. The zero-order chi connectivity index (χ0) is 14.5. The fourth-order valence-corrected chi connectivity index (χ4v) is 2.43. The van der Waals surface area contributed by atoms with E-state index in [-0.39, 0.29) is 17.9 Å². The second-order valence-corrected chi connectivity index (χ2v) is 5.59. The third kappa shape index (κ3) is 4.01. The molecule has 0 radical (unpaired) electrons. The number of nitrogens with one attached hydrogen (secondary N) is 1. The Morgan fingerprint density at radius 1 is 1.42 bits per heavy atom. The van der Waals surface area contributed by atoms with E-state index in [0.29, 0.717) is 16.7 Å². The molecule has 2 N–H and O–H groups in total. The number of rotatable bonds is 6. The van der Waals surface area contributed by atoms with Gasteiger partial charge in [-0.1, -0.05) is 13.8 Å². The molecule has 0 spiro atoms. The molecule has 0 bridgehead atoms. The summed E-state index contributed by atoms with van der Waals surface area (Å²) in [7, 11) is 0. The molecule has 1 amide bonds. The number of halogens is 1. The molecule has 1 aromatic rings. The fraction of sp³-hybridized carbons (Fsp3) is 0.571. The number of carbonyl (C=O) groups excluding carboxylic acids is 1. The zero-order valence-electron chi connectivity index (χ0n) is 11.7. The van der Waals surface area contributed by atoms with Gasteiger partial charge in [0.25, 0.3) is 5.91 Å². The summed E-state index contributed by atoms with van der Waals surface area (Å²) in [6, 6.07) is 3.55. The lowest BCUT2D eigenvalue weighted by molar-refractivity contribution is 0.0850. The van der Waals surface area contributed by atoms with Gasteiger partial charge in [0.1, 0.15) is 4.60 Å². The van der Waals surface area contributed by atoms with Crippen LogP contribution in [0.2, 0.25) is 0 Å². The van der Waals surface area contributed by atoms with Crippen LogP contribution < -0.4 is 5.32 Å². The van der Waals surface area contributed by atoms with Crippen molar-refractivity contribution in [1.82, 2.24) is 10.3 Å². The van der Waals surface area contributed by atoms with Crippen LogP contribution in [0.5, 0.6) is 0 Å². The molecule has 1 heterocycles. The number of nitrogens with zero attached hydrogens (tertiary/aromatic N) is 1. The highest BCUT2D eigenvalue weighted by Crippen LogP contribution is 2.24. The van der Waals surface area contributed by atoms with Gasteiger partial charge in [0, 0.05) is 17.7 Å². The summed E-state index contributed by atoms with van der Waals surface area (Å²) < 4.78 is 0.549. The lowest BCUT2D eigenvalue weighted by Gasteiger charge is -2.29. The molecular formula is C14H21BrN2O2. The number of hydrogen-bond donors (Lipinski definition) is 2. The van der Waals surface area contributed by atoms with Gasteiger partial charge in [-0.3, -0.25) is 4.79 Å².